The van der Waals surface area contributed by atoms with Gasteiger partial charge in [0, 0.05) is 50.6 Å². The van der Waals surface area contributed by atoms with Crippen molar-refractivity contribution in [2.45, 2.75) is 45.3 Å². The summed E-state index contributed by atoms with van der Waals surface area (Å²) in [5, 5.41) is 23.1. The van der Waals surface area contributed by atoms with Crippen LogP contribution in [-0.2, 0) is 30.7 Å². The zero-order valence-electron chi connectivity index (χ0n) is 18.3. The van der Waals surface area contributed by atoms with E-state index in [-0.39, 0.29) is 31.6 Å². The van der Waals surface area contributed by atoms with Crippen LogP contribution in [0.4, 0.5) is 10.5 Å². The molecular weight excluding hydrogens is 412 g/mol. The van der Waals surface area contributed by atoms with Crippen molar-refractivity contribution in [2.24, 2.45) is 0 Å². The van der Waals surface area contributed by atoms with Crippen molar-refractivity contribution in [1.82, 2.24) is 24.2 Å². The van der Waals surface area contributed by atoms with Gasteiger partial charge in [-0.05, 0) is 38.0 Å². The molecule has 2 amide bonds. The van der Waals surface area contributed by atoms with Gasteiger partial charge in [-0.15, -0.1) is 0 Å². The number of benzene rings is 1. The minimum absolute atomic E-state index is 0.0965. The van der Waals surface area contributed by atoms with E-state index in [1.165, 1.54) is 9.80 Å². The van der Waals surface area contributed by atoms with Crippen LogP contribution in [0.2, 0.25) is 0 Å². The molecule has 0 radical (unpaired) electrons. The van der Waals surface area contributed by atoms with Crippen LogP contribution in [-0.4, -0.2) is 72.7 Å². The van der Waals surface area contributed by atoms with Crippen LogP contribution >= 0.6 is 0 Å². The molecule has 2 N–H and O–H groups in total. The molecule has 1 aromatic carbocycles. The highest BCUT2D eigenvalue weighted by Crippen LogP contribution is 2.36. The number of fused-ring (bicyclic) bond motifs is 3. The van der Waals surface area contributed by atoms with Gasteiger partial charge in [0.2, 0.25) is 5.91 Å². The van der Waals surface area contributed by atoms with E-state index in [0.29, 0.717) is 25.1 Å². The Morgan fingerprint density at radius 3 is 2.81 bits per heavy atom. The maximum atomic E-state index is 12.8. The number of aliphatic hydroxyl groups is 1. The van der Waals surface area contributed by atoms with Gasteiger partial charge in [0.1, 0.15) is 12.4 Å². The predicted octanol–water partition coefficient (Wildman–Crippen LogP) is 1.75. The van der Waals surface area contributed by atoms with Crippen molar-refractivity contribution in [2.75, 3.05) is 25.1 Å². The highest BCUT2D eigenvalue weighted by molar-refractivity contribution is 5.95. The number of likely N-dealkylation sites (N-methyl/N-ethyl adjacent to an activating group) is 1. The molecule has 0 spiro atoms. The van der Waals surface area contributed by atoms with Gasteiger partial charge in [-0.2, -0.15) is 5.10 Å². The Balaban J connectivity index is 1.77. The Morgan fingerprint density at radius 1 is 1.31 bits per heavy atom. The standard InChI is InChI=1S/C22H28N6O4/c1-15-4-5-16-17(28(15)22(31)32)6-7-18-21(16)24-19(8-11-26-10-3-9-23-26)27(18)14-20(30)25(2)12-13-29/h3,6-7,9-10,15,29H,4-5,8,11-14H2,1-2H3,(H,31,32)/t15-/m0/s1. The molecule has 32 heavy (non-hydrogen) atoms. The number of rotatable bonds is 7. The number of amides is 2. The number of carbonyl (C=O) groups is 2. The summed E-state index contributed by atoms with van der Waals surface area (Å²) in [4.78, 5) is 32.4. The summed E-state index contributed by atoms with van der Waals surface area (Å²) in [7, 11) is 1.66. The highest BCUT2D eigenvalue weighted by atomic mass is 16.4. The smallest absolute Gasteiger partial charge is 0.412 e. The topological polar surface area (TPSA) is 117 Å². The van der Waals surface area contributed by atoms with Gasteiger partial charge in [0.15, 0.2) is 0 Å². The summed E-state index contributed by atoms with van der Waals surface area (Å²) in [6.45, 7) is 2.77. The summed E-state index contributed by atoms with van der Waals surface area (Å²) in [5.74, 6) is 0.618. The number of aliphatic hydroxyl groups excluding tert-OH is 1. The van der Waals surface area contributed by atoms with E-state index in [4.69, 9.17) is 4.98 Å². The zero-order chi connectivity index (χ0) is 22.8. The third-order valence-corrected chi connectivity index (χ3v) is 6.08. The van der Waals surface area contributed by atoms with Crippen LogP contribution in [0.15, 0.2) is 30.6 Å². The van der Waals surface area contributed by atoms with Crippen molar-refractivity contribution in [3.63, 3.8) is 0 Å². The lowest BCUT2D eigenvalue weighted by Crippen LogP contribution is -2.41. The number of aryl methyl sites for hydroxylation is 3. The van der Waals surface area contributed by atoms with E-state index in [2.05, 4.69) is 5.10 Å². The Morgan fingerprint density at radius 2 is 2.12 bits per heavy atom. The predicted molar refractivity (Wildman–Crippen MR) is 119 cm³/mol. The second-order valence-electron chi connectivity index (χ2n) is 8.14. The van der Waals surface area contributed by atoms with Crippen molar-refractivity contribution in [1.29, 1.82) is 0 Å². The average molecular weight is 441 g/mol. The van der Waals surface area contributed by atoms with E-state index >= 15 is 0 Å². The first kappa shape index (κ1) is 21.8. The van der Waals surface area contributed by atoms with Crippen LogP contribution in [0.3, 0.4) is 0 Å². The van der Waals surface area contributed by atoms with Gasteiger partial charge < -0.3 is 19.7 Å². The van der Waals surface area contributed by atoms with E-state index in [1.54, 1.807) is 13.2 Å². The number of aromatic nitrogens is 4. The summed E-state index contributed by atoms with van der Waals surface area (Å²) in [6, 6.07) is 5.42. The summed E-state index contributed by atoms with van der Waals surface area (Å²) in [6.07, 6.45) is 4.63. The largest absolute Gasteiger partial charge is 0.465 e. The monoisotopic (exact) mass is 440 g/mol. The van der Waals surface area contributed by atoms with Crippen LogP contribution in [0.1, 0.15) is 24.7 Å². The molecule has 1 aliphatic rings. The minimum atomic E-state index is -0.975. The van der Waals surface area contributed by atoms with Crippen molar-refractivity contribution in [3.05, 3.63) is 42.0 Å². The van der Waals surface area contributed by atoms with Gasteiger partial charge in [0.25, 0.3) is 0 Å². The van der Waals surface area contributed by atoms with Crippen LogP contribution in [0, 0.1) is 0 Å². The van der Waals surface area contributed by atoms with Gasteiger partial charge in [-0.25, -0.2) is 9.78 Å². The molecule has 0 fully saturated rings. The molecule has 0 bridgehead atoms. The normalized spacial score (nSPS) is 15.7. The fourth-order valence-electron chi connectivity index (χ4n) is 4.31. The molecule has 0 saturated heterocycles. The average Bonchev–Trinajstić information content (AvgIpc) is 3.39. The minimum Gasteiger partial charge on any atom is -0.465 e. The quantitative estimate of drug-likeness (QED) is 0.578. The van der Waals surface area contributed by atoms with Crippen LogP contribution in [0.5, 0.6) is 0 Å². The van der Waals surface area contributed by atoms with E-state index < -0.39 is 6.09 Å². The van der Waals surface area contributed by atoms with E-state index in [9.17, 15) is 19.8 Å². The van der Waals surface area contributed by atoms with Crippen LogP contribution < -0.4 is 4.90 Å². The first-order chi connectivity index (χ1) is 15.4. The molecule has 3 heterocycles. The number of imidazole rings is 1. The number of nitrogens with zero attached hydrogens (tertiary/aromatic N) is 6. The molecule has 1 atom stereocenters. The highest BCUT2D eigenvalue weighted by Gasteiger charge is 2.30. The lowest BCUT2D eigenvalue weighted by Gasteiger charge is -2.33. The molecule has 0 saturated carbocycles. The molecular formula is C22H28N6O4. The number of carboxylic acid groups (broad SMARTS) is 1. The summed E-state index contributed by atoms with van der Waals surface area (Å²) >= 11 is 0. The zero-order valence-corrected chi connectivity index (χ0v) is 18.3. The number of hydrogen-bond donors (Lipinski definition) is 2. The first-order valence-corrected chi connectivity index (χ1v) is 10.8. The second kappa shape index (κ2) is 8.99. The lowest BCUT2D eigenvalue weighted by molar-refractivity contribution is -0.130. The molecule has 4 rings (SSSR count). The second-order valence-corrected chi connectivity index (χ2v) is 8.14. The van der Waals surface area contributed by atoms with Gasteiger partial charge in [0.05, 0.1) is 23.3 Å². The molecule has 3 aromatic rings. The van der Waals surface area contributed by atoms with Gasteiger partial charge in [-0.3, -0.25) is 14.4 Å². The number of anilines is 1. The summed E-state index contributed by atoms with van der Waals surface area (Å²) in [5.41, 5.74) is 3.12. The Kier molecular flexibility index (Phi) is 6.13. The number of carbonyl (C=O) groups excluding carboxylic acids is 1. The van der Waals surface area contributed by atoms with Crippen molar-refractivity contribution < 1.29 is 19.8 Å². The maximum Gasteiger partial charge on any atom is 0.412 e. The third-order valence-electron chi connectivity index (χ3n) is 6.08. The lowest BCUT2D eigenvalue weighted by atomic mass is 9.96. The Labute approximate surface area is 185 Å². The van der Waals surface area contributed by atoms with Crippen LogP contribution in [0.25, 0.3) is 11.0 Å². The van der Waals surface area contributed by atoms with Gasteiger partial charge >= 0.3 is 6.09 Å². The van der Waals surface area contributed by atoms with E-state index in [1.807, 2.05) is 40.6 Å². The fourth-order valence-corrected chi connectivity index (χ4v) is 4.31. The Hall–Kier alpha value is -3.40. The molecule has 2 aromatic heterocycles. The SMILES string of the molecule is C[C@H]1CCc2c(ccc3c2nc(CCn2cccn2)n3CC(=O)N(C)CCO)N1C(=O)O. The Bertz CT molecular complexity index is 1120. The van der Waals surface area contributed by atoms with E-state index in [0.717, 1.165) is 28.8 Å². The number of hydrogen-bond acceptors (Lipinski definition) is 5. The van der Waals surface area contributed by atoms with Gasteiger partial charge in [-0.1, -0.05) is 0 Å². The molecule has 0 aliphatic carbocycles. The fraction of sp³-hybridized carbons (Fsp3) is 0.455. The maximum absolute atomic E-state index is 12.8. The van der Waals surface area contributed by atoms with Crippen molar-refractivity contribution in [3.8, 4) is 0 Å². The molecule has 0 unspecified atom stereocenters. The molecule has 1 aliphatic heterocycles. The molecule has 170 valence electrons. The molecule has 10 heteroatoms. The first-order valence-electron chi connectivity index (χ1n) is 10.8. The van der Waals surface area contributed by atoms with Crippen molar-refractivity contribution >= 4 is 28.7 Å². The molecule has 10 nitrogen and oxygen atoms in total. The third kappa shape index (κ3) is 4.05. The summed E-state index contributed by atoms with van der Waals surface area (Å²) < 4.78 is 3.71.